The van der Waals surface area contributed by atoms with Crippen LogP contribution in [0.3, 0.4) is 0 Å². The number of phenolic OH excluding ortho intramolecular Hbond substituents is 2. The maximum absolute atomic E-state index is 9.43. The lowest BCUT2D eigenvalue weighted by atomic mass is 10.2. The smallest absolute Gasteiger partial charge is 0.265 e. The molecule has 120 valence electrons. The van der Waals surface area contributed by atoms with Crippen molar-refractivity contribution in [3.05, 3.63) is 66.0 Å². The number of phenols is 2. The first-order valence-corrected chi connectivity index (χ1v) is 7.02. The molecule has 8 heteroatoms. The normalized spacial score (nSPS) is 11.3. The lowest BCUT2D eigenvalue weighted by Gasteiger charge is -1.99. The Labute approximate surface area is 137 Å². The summed E-state index contributed by atoms with van der Waals surface area (Å²) in [5.74, 6) is 0.650. The fourth-order valence-electron chi connectivity index (χ4n) is 1.89. The summed E-state index contributed by atoms with van der Waals surface area (Å²) >= 11 is 0. The monoisotopic (exact) mass is 322 g/mol. The number of nitrogens with zero attached hydrogens (tertiary/aromatic N) is 5. The number of hydrogen-bond acceptors (Lipinski definition) is 7. The Morgan fingerprint density at radius 3 is 2.29 bits per heavy atom. The van der Waals surface area contributed by atoms with Crippen LogP contribution in [-0.2, 0) is 0 Å². The Bertz CT molecular complexity index is 888. The lowest BCUT2D eigenvalue weighted by Crippen LogP contribution is -1.99. The van der Waals surface area contributed by atoms with Crippen molar-refractivity contribution in [2.24, 2.45) is 10.2 Å². The minimum absolute atomic E-state index is 0.164. The summed E-state index contributed by atoms with van der Waals surface area (Å²) in [4.78, 5) is 0. The number of hydrogen-bond donors (Lipinski definition) is 3. The third kappa shape index (κ3) is 3.95. The van der Waals surface area contributed by atoms with Gasteiger partial charge in [0.25, 0.3) is 5.95 Å². The van der Waals surface area contributed by atoms with Crippen LogP contribution in [0.15, 0.2) is 65.1 Å². The molecule has 3 N–H and O–H groups in total. The van der Waals surface area contributed by atoms with Crippen molar-refractivity contribution in [2.75, 3.05) is 5.43 Å². The molecule has 3 aromatic rings. The molecule has 0 saturated heterocycles. The molecular weight excluding hydrogens is 308 g/mol. The second kappa shape index (κ2) is 7.05. The molecule has 3 rings (SSSR count). The molecule has 1 aromatic heterocycles. The van der Waals surface area contributed by atoms with Gasteiger partial charge < -0.3 is 10.2 Å². The second-order valence-corrected chi connectivity index (χ2v) is 4.80. The highest BCUT2D eigenvalue weighted by molar-refractivity contribution is 5.81. The van der Waals surface area contributed by atoms with Crippen LogP contribution >= 0.6 is 0 Å². The third-order valence-electron chi connectivity index (χ3n) is 2.98. The molecule has 2 aromatic carbocycles. The Morgan fingerprint density at radius 2 is 1.62 bits per heavy atom. The van der Waals surface area contributed by atoms with E-state index in [1.54, 1.807) is 54.7 Å². The highest BCUT2D eigenvalue weighted by Crippen LogP contribution is 2.10. The van der Waals surface area contributed by atoms with Crippen LogP contribution in [0, 0.1) is 0 Å². The highest BCUT2D eigenvalue weighted by Gasteiger charge is 2.00. The van der Waals surface area contributed by atoms with E-state index in [2.05, 4.69) is 25.8 Å². The van der Waals surface area contributed by atoms with E-state index in [9.17, 15) is 10.2 Å². The summed E-state index contributed by atoms with van der Waals surface area (Å²) in [5, 5.41) is 34.7. The van der Waals surface area contributed by atoms with E-state index in [4.69, 9.17) is 0 Å². The van der Waals surface area contributed by atoms with Crippen molar-refractivity contribution in [3.63, 3.8) is 0 Å². The maximum atomic E-state index is 9.43. The van der Waals surface area contributed by atoms with Gasteiger partial charge in [-0.1, -0.05) is 24.3 Å². The lowest BCUT2D eigenvalue weighted by molar-refractivity contribution is 0.474. The Kier molecular flexibility index (Phi) is 4.47. The largest absolute Gasteiger partial charge is 0.508 e. The SMILES string of the molecule is Oc1cccc(/C=N/Nc2nncn2/N=C/c2cccc(O)c2)c1. The van der Waals surface area contributed by atoms with E-state index in [0.717, 1.165) is 11.1 Å². The third-order valence-corrected chi connectivity index (χ3v) is 2.98. The molecule has 8 nitrogen and oxygen atoms in total. The summed E-state index contributed by atoms with van der Waals surface area (Å²) in [6, 6.07) is 13.4. The number of nitrogens with one attached hydrogen (secondary N) is 1. The van der Waals surface area contributed by atoms with Gasteiger partial charge in [0.2, 0.25) is 0 Å². The van der Waals surface area contributed by atoms with Crippen LogP contribution in [0.1, 0.15) is 11.1 Å². The van der Waals surface area contributed by atoms with Crippen molar-refractivity contribution in [2.45, 2.75) is 0 Å². The van der Waals surface area contributed by atoms with Crippen molar-refractivity contribution in [1.29, 1.82) is 0 Å². The number of aromatic nitrogens is 3. The fourth-order valence-corrected chi connectivity index (χ4v) is 1.89. The number of benzene rings is 2. The summed E-state index contributed by atoms with van der Waals surface area (Å²) < 4.78 is 1.41. The molecule has 0 bridgehead atoms. The van der Waals surface area contributed by atoms with Crippen LogP contribution in [-0.4, -0.2) is 37.5 Å². The van der Waals surface area contributed by atoms with Crippen molar-refractivity contribution >= 4 is 18.4 Å². The molecule has 0 unspecified atom stereocenters. The van der Waals surface area contributed by atoms with E-state index in [-0.39, 0.29) is 11.5 Å². The Balaban J connectivity index is 1.69. The molecule has 0 spiro atoms. The fraction of sp³-hybridized carbons (Fsp3) is 0. The van der Waals surface area contributed by atoms with E-state index >= 15 is 0 Å². The first kappa shape index (κ1) is 15.2. The number of hydrazone groups is 1. The van der Waals surface area contributed by atoms with Crippen molar-refractivity contribution < 1.29 is 10.2 Å². The quantitative estimate of drug-likeness (QED) is 0.492. The summed E-state index contributed by atoms with van der Waals surface area (Å²) in [5.41, 5.74) is 4.19. The maximum Gasteiger partial charge on any atom is 0.265 e. The van der Waals surface area contributed by atoms with E-state index in [1.807, 2.05) is 0 Å². The van der Waals surface area contributed by atoms with E-state index in [0.29, 0.717) is 5.95 Å². The zero-order chi connectivity index (χ0) is 16.8. The second-order valence-electron chi connectivity index (χ2n) is 4.80. The summed E-state index contributed by atoms with van der Waals surface area (Å²) in [7, 11) is 0. The predicted molar refractivity (Wildman–Crippen MR) is 90.4 cm³/mol. The van der Waals surface area contributed by atoms with Gasteiger partial charge >= 0.3 is 0 Å². The predicted octanol–water partition coefficient (Wildman–Crippen LogP) is 2.02. The van der Waals surface area contributed by atoms with Gasteiger partial charge in [-0.15, -0.1) is 10.2 Å². The molecule has 0 amide bonds. The van der Waals surface area contributed by atoms with Gasteiger partial charge in [-0.25, -0.2) is 5.43 Å². The van der Waals surface area contributed by atoms with Gasteiger partial charge in [0.05, 0.1) is 12.4 Å². The zero-order valence-corrected chi connectivity index (χ0v) is 12.5. The van der Waals surface area contributed by atoms with Gasteiger partial charge in [0.15, 0.2) is 0 Å². The zero-order valence-electron chi connectivity index (χ0n) is 12.5. The minimum Gasteiger partial charge on any atom is -0.508 e. The Hall–Kier alpha value is -3.68. The number of aromatic hydroxyl groups is 2. The van der Waals surface area contributed by atoms with Crippen LogP contribution < -0.4 is 5.43 Å². The van der Waals surface area contributed by atoms with Crippen molar-refractivity contribution in [3.8, 4) is 11.5 Å². The van der Waals surface area contributed by atoms with Gasteiger partial charge in [-0.05, 0) is 35.4 Å². The highest BCUT2D eigenvalue weighted by atomic mass is 16.3. The van der Waals surface area contributed by atoms with Crippen LogP contribution in [0.4, 0.5) is 5.95 Å². The van der Waals surface area contributed by atoms with Gasteiger partial charge in [-0.3, -0.25) is 0 Å². The van der Waals surface area contributed by atoms with Crippen LogP contribution in [0.2, 0.25) is 0 Å². The molecular formula is C16H14N6O2. The van der Waals surface area contributed by atoms with Crippen LogP contribution in [0.25, 0.3) is 0 Å². The minimum atomic E-state index is 0.164. The standard InChI is InChI=1S/C16H14N6O2/c23-14-5-1-3-12(7-14)9-17-20-16-21-18-11-22(16)19-10-13-4-2-6-15(24)8-13/h1-11,23-24H,(H,20,21)/b17-9+,19-10+. The van der Waals surface area contributed by atoms with Gasteiger partial charge in [0, 0.05) is 0 Å². The summed E-state index contributed by atoms with van der Waals surface area (Å²) in [6.45, 7) is 0. The van der Waals surface area contributed by atoms with Crippen LogP contribution in [0.5, 0.6) is 11.5 Å². The molecule has 0 aliphatic heterocycles. The number of rotatable bonds is 5. The molecule has 0 atom stereocenters. The van der Waals surface area contributed by atoms with Gasteiger partial charge in [-0.2, -0.15) is 14.9 Å². The van der Waals surface area contributed by atoms with Crippen molar-refractivity contribution in [1.82, 2.24) is 14.9 Å². The average Bonchev–Trinajstić information content (AvgIpc) is 3.01. The molecule has 0 aliphatic carbocycles. The molecule has 0 saturated carbocycles. The molecule has 0 radical (unpaired) electrons. The topological polar surface area (TPSA) is 108 Å². The Morgan fingerprint density at radius 1 is 0.958 bits per heavy atom. The average molecular weight is 322 g/mol. The molecule has 24 heavy (non-hydrogen) atoms. The first-order chi connectivity index (χ1) is 11.7. The molecule has 1 heterocycles. The van der Waals surface area contributed by atoms with E-state index < -0.39 is 0 Å². The first-order valence-electron chi connectivity index (χ1n) is 7.02. The van der Waals surface area contributed by atoms with E-state index in [1.165, 1.54) is 17.2 Å². The van der Waals surface area contributed by atoms with Gasteiger partial charge in [0.1, 0.15) is 17.8 Å². The molecule has 0 aliphatic rings. The summed E-state index contributed by atoms with van der Waals surface area (Å²) in [6.07, 6.45) is 4.52. The number of anilines is 1. The molecule has 0 fully saturated rings.